The summed E-state index contributed by atoms with van der Waals surface area (Å²) in [5.41, 5.74) is 0. The minimum atomic E-state index is -0.417. The van der Waals surface area contributed by atoms with E-state index in [-0.39, 0.29) is 6.04 Å². The predicted molar refractivity (Wildman–Crippen MR) is 71.1 cm³/mol. The van der Waals surface area contributed by atoms with Crippen LogP contribution in [0.5, 0.6) is 5.75 Å². The fraction of sp³-hybridized carbons (Fsp3) is 0.429. The molecule has 1 fully saturated rings. The van der Waals surface area contributed by atoms with E-state index in [4.69, 9.17) is 4.74 Å². The van der Waals surface area contributed by atoms with Crippen molar-refractivity contribution < 1.29 is 14.3 Å². The number of benzene rings is 1. The zero-order valence-electron chi connectivity index (χ0n) is 10.7. The summed E-state index contributed by atoms with van der Waals surface area (Å²) in [6.45, 7) is 2.13. The molecular formula is C14H18N2O3. The smallest absolute Gasteiger partial charge is 0.410 e. The van der Waals surface area contributed by atoms with Gasteiger partial charge in [0.2, 0.25) is 0 Å². The van der Waals surface area contributed by atoms with Gasteiger partial charge >= 0.3 is 6.09 Å². The summed E-state index contributed by atoms with van der Waals surface area (Å²) in [5.74, 6) is 0.540. The fourth-order valence-electron chi connectivity index (χ4n) is 2.16. The van der Waals surface area contributed by atoms with E-state index in [1.165, 1.54) is 0 Å². The van der Waals surface area contributed by atoms with Crippen molar-refractivity contribution in [3.63, 3.8) is 0 Å². The first-order chi connectivity index (χ1) is 9.28. The molecule has 19 heavy (non-hydrogen) atoms. The summed E-state index contributed by atoms with van der Waals surface area (Å²) < 4.78 is 5.17. The van der Waals surface area contributed by atoms with Crippen LogP contribution in [0.2, 0.25) is 0 Å². The summed E-state index contributed by atoms with van der Waals surface area (Å²) in [7, 11) is 0. The Balaban J connectivity index is 1.73. The predicted octanol–water partition coefficient (Wildman–Crippen LogP) is 1.44. The molecule has 1 amide bonds. The average molecular weight is 262 g/mol. The largest absolute Gasteiger partial charge is 0.412 e. The van der Waals surface area contributed by atoms with Gasteiger partial charge in [0.15, 0.2) is 0 Å². The number of nitrogens with zero attached hydrogens (tertiary/aromatic N) is 1. The molecule has 1 saturated heterocycles. The molecule has 1 N–H and O–H groups in total. The van der Waals surface area contributed by atoms with E-state index in [9.17, 15) is 9.59 Å². The van der Waals surface area contributed by atoms with Gasteiger partial charge < -0.3 is 14.8 Å². The SMILES string of the molecule is O=CCN1CCC(NC(=O)Oc2ccccc2)CC1. The van der Waals surface area contributed by atoms with Crippen LogP contribution in [-0.2, 0) is 4.79 Å². The standard InChI is InChI=1S/C14H18N2O3/c17-11-10-16-8-6-12(7-9-16)15-14(18)19-13-4-2-1-3-5-13/h1-5,11-12H,6-10H2,(H,15,18). The van der Waals surface area contributed by atoms with Crippen molar-refractivity contribution in [2.45, 2.75) is 18.9 Å². The number of para-hydroxylation sites is 1. The average Bonchev–Trinajstić information content (AvgIpc) is 2.42. The van der Waals surface area contributed by atoms with Crippen molar-refractivity contribution in [3.8, 4) is 5.75 Å². The minimum Gasteiger partial charge on any atom is -0.410 e. The molecule has 5 heteroatoms. The van der Waals surface area contributed by atoms with Gasteiger partial charge in [0.05, 0.1) is 6.54 Å². The van der Waals surface area contributed by atoms with E-state index < -0.39 is 6.09 Å². The van der Waals surface area contributed by atoms with Crippen molar-refractivity contribution in [2.24, 2.45) is 0 Å². The van der Waals surface area contributed by atoms with Crippen LogP contribution < -0.4 is 10.1 Å². The Bertz CT molecular complexity index is 414. The van der Waals surface area contributed by atoms with Crippen LogP contribution >= 0.6 is 0 Å². The zero-order valence-corrected chi connectivity index (χ0v) is 10.7. The maximum atomic E-state index is 11.7. The Morgan fingerprint density at radius 3 is 2.63 bits per heavy atom. The molecule has 0 aromatic heterocycles. The number of rotatable bonds is 4. The van der Waals surface area contributed by atoms with E-state index in [1.807, 2.05) is 18.2 Å². The molecule has 5 nitrogen and oxygen atoms in total. The number of amides is 1. The summed E-state index contributed by atoms with van der Waals surface area (Å²) in [4.78, 5) is 24.2. The molecule has 102 valence electrons. The van der Waals surface area contributed by atoms with Gasteiger partial charge in [0.25, 0.3) is 0 Å². The van der Waals surface area contributed by atoms with Gasteiger partial charge in [-0.3, -0.25) is 4.90 Å². The van der Waals surface area contributed by atoms with Gasteiger partial charge in [-0.05, 0) is 25.0 Å². The second-order valence-electron chi connectivity index (χ2n) is 4.59. The maximum absolute atomic E-state index is 11.7. The topological polar surface area (TPSA) is 58.6 Å². The molecular weight excluding hydrogens is 244 g/mol. The number of aldehydes is 1. The van der Waals surface area contributed by atoms with Crippen molar-refractivity contribution in [1.29, 1.82) is 0 Å². The van der Waals surface area contributed by atoms with Crippen LogP contribution in [0.4, 0.5) is 4.79 Å². The van der Waals surface area contributed by atoms with Crippen molar-refractivity contribution in [2.75, 3.05) is 19.6 Å². The third kappa shape index (κ3) is 4.37. The van der Waals surface area contributed by atoms with Gasteiger partial charge in [-0.2, -0.15) is 0 Å². The lowest BCUT2D eigenvalue weighted by atomic mass is 10.1. The lowest BCUT2D eigenvalue weighted by molar-refractivity contribution is -0.109. The normalized spacial score (nSPS) is 16.8. The first kappa shape index (κ1) is 13.5. The Labute approximate surface area is 112 Å². The number of ether oxygens (including phenoxy) is 1. The van der Waals surface area contributed by atoms with Gasteiger partial charge in [0, 0.05) is 19.1 Å². The van der Waals surface area contributed by atoms with Crippen molar-refractivity contribution in [3.05, 3.63) is 30.3 Å². The van der Waals surface area contributed by atoms with Gasteiger partial charge in [-0.25, -0.2) is 4.79 Å². The molecule has 1 aromatic carbocycles. The van der Waals surface area contributed by atoms with Gasteiger partial charge in [0.1, 0.15) is 12.0 Å². The van der Waals surface area contributed by atoms with Crippen LogP contribution in [0.25, 0.3) is 0 Å². The highest BCUT2D eigenvalue weighted by Crippen LogP contribution is 2.11. The Kier molecular flexibility index (Phi) is 4.92. The highest BCUT2D eigenvalue weighted by molar-refractivity contribution is 5.70. The monoisotopic (exact) mass is 262 g/mol. The van der Waals surface area contributed by atoms with E-state index in [2.05, 4.69) is 10.2 Å². The Morgan fingerprint density at radius 2 is 2.00 bits per heavy atom. The summed E-state index contributed by atoms with van der Waals surface area (Å²) in [6.07, 6.45) is 2.19. The molecule has 0 atom stereocenters. The summed E-state index contributed by atoms with van der Waals surface area (Å²) in [5, 5.41) is 2.85. The van der Waals surface area contributed by atoms with Crippen molar-refractivity contribution in [1.82, 2.24) is 10.2 Å². The molecule has 0 aliphatic carbocycles. The molecule has 0 unspecified atom stereocenters. The lowest BCUT2D eigenvalue weighted by Crippen LogP contribution is -2.45. The molecule has 0 spiro atoms. The number of carbonyl (C=O) groups excluding carboxylic acids is 2. The van der Waals surface area contributed by atoms with E-state index in [0.717, 1.165) is 32.2 Å². The van der Waals surface area contributed by atoms with E-state index in [1.54, 1.807) is 12.1 Å². The van der Waals surface area contributed by atoms with Crippen LogP contribution in [0.3, 0.4) is 0 Å². The van der Waals surface area contributed by atoms with Gasteiger partial charge in [-0.15, -0.1) is 0 Å². The highest BCUT2D eigenvalue weighted by Gasteiger charge is 2.20. The quantitative estimate of drug-likeness (QED) is 0.834. The number of piperidine rings is 1. The van der Waals surface area contributed by atoms with Crippen LogP contribution in [0.15, 0.2) is 30.3 Å². The second-order valence-corrected chi connectivity index (χ2v) is 4.59. The third-order valence-corrected chi connectivity index (χ3v) is 3.20. The lowest BCUT2D eigenvalue weighted by Gasteiger charge is -2.30. The Morgan fingerprint density at radius 1 is 1.32 bits per heavy atom. The number of carbonyl (C=O) groups is 2. The summed E-state index contributed by atoms with van der Waals surface area (Å²) in [6, 6.07) is 9.12. The summed E-state index contributed by atoms with van der Waals surface area (Å²) >= 11 is 0. The maximum Gasteiger partial charge on any atom is 0.412 e. The van der Waals surface area contributed by atoms with Crippen LogP contribution in [0, 0.1) is 0 Å². The highest BCUT2D eigenvalue weighted by atomic mass is 16.6. The molecule has 2 rings (SSSR count). The fourth-order valence-corrected chi connectivity index (χ4v) is 2.16. The number of hydrogen-bond acceptors (Lipinski definition) is 4. The Hall–Kier alpha value is -1.88. The van der Waals surface area contributed by atoms with Crippen LogP contribution in [0.1, 0.15) is 12.8 Å². The van der Waals surface area contributed by atoms with Gasteiger partial charge in [-0.1, -0.05) is 18.2 Å². The molecule has 1 aliphatic rings. The molecule has 1 aromatic rings. The minimum absolute atomic E-state index is 0.124. The second kappa shape index (κ2) is 6.89. The number of nitrogens with one attached hydrogen (secondary N) is 1. The van der Waals surface area contributed by atoms with E-state index in [0.29, 0.717) is 12.3 Å². The van der Waals surface area contributed by atoms with Crippen molar-refractivity contribution >= 4 is 12.4 Å². The molecule has 1 heterocycles. The molecule has 1 aliphatic heterocycles. The number of hydrogen-bond donors (Lipinski definition) is 1. The van der Waals surface area contributed by atoms with E-state index >= 15 is 0 Å². The zero-order chi connectivity index (χ0) is 13.5. The molecule has 0 saturated carbocycles. The first-order valence-electron chi connectivity index (χ1n) is 6.47. The third-order valence-electron chi connectivity index (χ3n) is 3.20. The molecule has 0 bridgehead atoms. The van der Waals surface area contributed by atoms with Crippen LogP contribution in [-0.4, -0.2) is 43.0 Å². The first-order valence-corrected chi connectivity index (χ1v) is 6.47. The molecule has 0 radical (unpaired) electrons. The number of likely N-dealkylation sites (tertiary alicyclic amines) is 1.